The number of aliphatic hydroxyl groups is 1. The summed E-state index contributed by atoms with van der Waals surface area (Å²) in [7, 11) is 0. The molecule has 20 heavy (non-hydrogen) atoms. The summed E-state index contributed by atoms with van der Waals surface area (Å²) in [6, 6.07) is 0.655. The molecule has 0 spiro atoms. The summed E-state index contributed by atoms with van der Waals surface area (Å²) in [5, 5.41) is 12.8. The second kappa shape index (κ2) is 8.29. The highest BCUT2D eigenvalue weighted by molar-refractivity contribution is 5.00. The van der Waals surface area contributed by atoms with E-state index in [-0.39, 0.29) is 6.04 Å². The van der Waals surface area contributed by atoms with Crippen LogP contribution in [0.25, 0.3) is 0 Å². The van der Waals surface area contributed by atoms with E-state index in [1.165, 1.54) is 12.8 Å². The molecule has 0 aliphatic carbocycles. The number of nitrogens with one attached hydrogen (secondary N) is 1. The third-order valence-corrected chi connectivity index (χ3v) is 4.06. The van der Waals surface area contributed by atoms with Gasteiger partial charge in [-0.3, -0.25) is 14.9 Å². The van der Waals surface area contributed by atoms with E-state index in [2.05, 4.69) is 27.1 Å². The summed E-state index contributed by atoms with van der Waals surface area (Å²) in [6.45, 7) is 5.67. The quantitative estimate of drug-likeness (QED) is 0.703. The van der Waals surface area contributed by atoms with Crippen LogP contribution in [0.15, 0.2) is 18.6 Å². The third kappa shape index (κ3) is 4.51. The second-order valence-corrected chi connectivity index (χ2v) is 5.53. The highest BCUT2D eigenvalue weighted by atomic mass is 16.3. The van der Waals surface area contributed by atoms with Gasteiger partial charge in [0.05, 0.1) is 12.3 Å². The molecular formula is C15H26N4O. The zero-order valence-corrected chi connectivity index (χ0v) is 12.3. The van der Waals surface area contributed by atoms with E-state index in [1.54, 1.807) is 12.4 Å². The summed E-state index contributed by atoms with van der Waals surface area (Å²) in [4.78, 5) is 10.8. The van der Waals surface area contributed by atoms with Crippen LogP contribution in [-0.2, 0) is 0 Å². The van der Waals surface area contributed by atoms with Crippen LogP contribution in [0.3, 0.4) is 0 Å². The molecule has 1 aromatic rings. The number of rotatable bonds is 8. The van der Waals surface area contributed by atoms with Gasteiger partial charge in [-0.2, -0.15) is 0 Å². The van der Waals surface area contributed by atoms with Gasteiger partial charge in [-0.15, -0.1) is 0 Å². The molecule has 0 bridgehead atoms. The largest absolute Gasteiger partial charge is 0.395 e. The second-order valence-electron chi connectivity index (χ2n) is 5.53. The first-order chi connectivity index (χ1) is 9.81. The van der Waals surface area contributed by atoms with Gasteiger partial charge in [0.15, 0.2) is 0 Å². The molecule has 0 saturated carbocycles. The van der Waals surface area contributed by atoms with Gasteiger partial charge in [0.25, 0.3) is 0 Å². The van der Waals surface area contributed by atoms with Gasteiger partial charge in [0.1, 0.15) is 0 Å². The molecular weight excluding hydrogens is 252 g/mol. The molecule has 1 aliphatic heterocycles. The van der Waals surface area contributed by atoms with Crippen LogP contribution in [0.5, 0.6) is 0 Å². The monoisotopic (exact) mass is 278 g/mol. The van der Waals surface area contributed by atoms with Gasteiger partial charge in [-0.1, -0.05) is 0 Å². The van der Waals surface area contributed by atoms with Gasteiger partial charge in [0, 0.05) is 30.7 Å². The normalized spacial score (nSPS) is 21.2. The smallest absolute Gasteiger partial charge is 0.0753 e. The lowest BCUT2D eigenvalue weighted by Crippen LogP contribution is -2.33. The van der Waals surface area contributed by atoms with Crippen LogP contribution in [0.1, 0.15) is 44.3 Å². The van der Waals surface area contributed by atoms with Crippen LogP contribution < -0.4 is 5.32 Å². The van der Waals surface area contributed by atoms with Crippen molar-refractivity contribution in [3.8, 4) is 0 Å². The Morgan fingerprint density at radius 1 is 1.45 bits per heavy atom. The van der Waals surface area contributed by atoms with Crippen molar-refractivity contribution in [3.05, 3.63) is 24.3 Å². The fourth-order valence-corrected chi connectivity index (χ4v) is 2.79. The summed E-state index contributed by atoms with van der Waals surface area (Å²) < 4.78 is 0. The van der Waals surface area contributed by atoms with Crippen molar-refractivity contribution in [2.24, 2.45) is 0 Å². The van der Waals surface area contributed by atoms with Crippen LogP contribution in [-0.4, -0.2) is 52.3 Å². The molecule has 1 aliphatic rings. The minimum absolute atomic E-state index is 0.251. The number of likely N-dealkylation sites (tertiary alicyclic amines) is 1. The minimum Gasteiger partial charge on any atom is -0.395 e. The molecule has 2 N–H and O–H groups in total. The first-order valence-electron chi connectivity index (χ1n) is 7.65. The molecule has 5 nitrogen and oxygen atoms in total. The molecule has 112 valence electrons. The van der Waals surface area contributed by atoms with Crippen LogP contribution in [0, 0.1) is 0 Å². The molecule has 2 heterocycles. The van der Waals surface area contributed by atoms with E-state index in [0.717, 1.165) is 38.2 Å². The number of unbranched alkanes of at least 4 members (excludes halogenated alkanes) is 1. The molecule has 2 atom stereocenters. The Morgan fingerprint density at radius 3 is 3.10 bits per heavy atom. The minimum atomic E-state index is 0.251. The van der Waals surface area contributed by atoms with Gasteiger partial charge in [0.2, 0.25) is 0 Å². The van der Waals surface area contributed by atoms with E-state index in [4.69, 9.17) is 0 Å². The first-order valence-corrected chi connectivity index (χ1v) is 7.65. The van der Waals surface area contributed by atoms with E-state index in [1.807, 2.05) is 6.20 Å². The fraction of sp³-hybridized carbons (Fsp3) is 0.733. The van der Waals surface area contributed by atoms with Crippen molar-refractivity contribution < 1.29 is 5.11 Å². The predicted molar refractivity (Wildman–Crippen MR) is 79.4 cm³/mol. The van der Waals surface area contributed by atoms with Crippen molar-refractivity contribution in [3.63, 3.8) is 0 Å². The summed E-state index contributed by atoms with van der Waals surface area (Å²) in [5.41, 5.74) is 0.993. The summed E-state index contributed by atoms with van der Waals surface area (Å²) >= 11 is 0. The number of aromatic nitrogens is 2. The average molecular weight is 278 g/mol. The van der Waals surface area contributed by atoms with Crippen molar-refractivity contribution in [2.75, 3.05) is 26.2 Å². The third-order valence-electron chi connectivity index (χ3n) is 4.06. The highest BCUT2D eigenvalue weighted by Crippen LogP contribution is 2.17. The fourth-order valence-electron chi connectivity index (χ4n) is 2.79. The lowest BCUT2D eigenvalue weighted by atomic mass is 10.2. The molecule has 2 rings (SSSR count). The van der Waals surface area contributed by atoms with Crippen molar-refractivity contribution in [1.29, 1.82) is 0 Å². The molecule has 1 aromatic heterocycles. The molecule has 1 saturated heterocycles. The Morgan fingerprint density at radius 2 is 2.35 bits per heavy atom. The Hall–Kier alpha value is -1.04. The van der Waals surface area contributed by atoms with Crippen LogP contribution in [0.4, 0.5) is 0 Å². The molecule has 0 amide bonds. The topological polar surface area (TPSA) is 61.3 Å². The molecule has 1 fully saturated rings. The predicted octanol–water partition coefficient (Wildman–Crippen LogP) is 1.36. The Bertz CT molecular complexity index is 373. The van der Waals surface area contributed by atoms with Gasteiger partial charge >= 0.3 is 0 Å². The summed E-state index contributed by atoms with van der Waals surface area (Å²) in [6.07, 6.45) is 9.95. The molecule has 2 unspecified atom stereocenters. The Kier molecular flexibility index (Phi) is 6.36. The van der Waals surface area contributed by atoms with E-state index in [0.29, 0.717) is 12.6 Å². The van der Waals surface area contributed by atoms with Gasteiger partial charge in [-0.25, -0.2) is 0 Å². The number of nitrogens with zero attached hydrogens (tertiary/aromatic N) is 3. The van der Waals surface area contributed by atoms with E-state index >= 15 is 0 Å². The number of aliphatic hydroxyl groups excluding tert-OH is 1. The number of hydrogen-bond acceptors (Lipinski definition) is 5. The maximum atomic E-state index is 9.27. The lowest BCUT2D eigenvalue weighted by molar-refractivity contribution is 0.157. The van der Waals surface area contributed by atoms with E-state index in [9.17, 15) is 5.11 Å². The first kappa shape index (κ1) is 15.4. The maximum Gasteiger partial charge on any atom is 0.0753 e. The maximum absolute atomic E-state index is 9.27. The zero-order valence-electron chi connectivity index (χ0n) is 12.3. The van der Waals surface area contributed by atoms with Crippen LogP contribution in [0.2, 0.25) is 0 Å². The Labute approximate surface area is 121 Å². The Balaban J connectivity index is 1.58. The van der Waals surface area contributed by atoms with Crippen molar-refractivity contribution >= 4 is 0 Å². The van der Waals surface area contributed by atoms with Crippen molar-refractivity contribution in [1.82, 2.24) is 20.2 Å². The van der Waals surface area contributed by atoms with Crippen LogP contribution >= 0.6 is 0 Å². The van der Waals surface area contributed by atoms with Gasteiger partial charge in [-0.05, 0) is 52.2 Å². The van der Waals surface area contributed by atoms with Crippen molar-refractivity contribution in [2.45, 2.75) is 44.7 Å². The standard InChI is InChI=1S/C15H26N4O/c1-13(15-11-16-7-8-18-15)17-6-2-3-9-19-10-4-5-14(19)12-20/h7-8,11,13-14,17,20H,2-6,9-10,12H2,1H3. The zero-order chi connectivity index (χ0) is 14.2. The summed E-state index contributed by atoms with van der Waals surface area (Å²) in [5.74, 6) is 0. The SMILES string of the molecule is CC(NCCCCN1CCCC1CO)c1cnccn1. The van der Waals surface area contributed by atoms with Gasteiger partial charge < -0.3 is 10.4 Å². The molecule has 0 radical (unpaired) electrons. The highest BCUT2D eigenvalue weighted by Gasteiger charge is 2.22. The average Bonchev–Trinajstić information content (AvgIpc) is 2.95. The van der Waals surface area contributed by atoms with E-state index < -0.39 is 0 Å². The molecule has 0 aromatic carbocycles. The molecule has 5 heteroatoms. The lowest BCUT2D eigenvalue weighted by Gasteiger charge is -2.22. The number of hydrogen-bond donors (Lipinski definition) is 2.